The smallest absolute Gasteiger partial charge is 0.237 e. The lowest BCUT2D eigenvalue weighted by Crippen LogP contribution is -2.23. The molecular formula is C17H17N5O3S. The van der Waals surface area contributed by atoms with Crippen LogP contribution in [0.2, 0.25) is 0 Å². The second kappa shape index (κ2) is 7.87. The minimum atomic E-state index is -0.443. The van der Waals surface area contributed by atoms with E-state index in [1.165, 1.54) is 16.4 Å². The van der Waals surface area contributed by atoms with Crippen molar-refractivity contribution in [2.24, 2.45) is 0 Å². The summed E-state index contributed by atoms with van der Waals surface area (Å²) in [4.78, 5) is 12.5. The van der Waals surface area contributed by atoms with E-state index < -0.39 is 5.25 Å². The van der Waals surface area contributed by atoms with E-state index in [2.05, 4.69) is 20.8 Å². The Morgan fingerprint density at radius 1 is 1.23 bits per heavy atom. The maximum absolute atomic E-state index is 12.5. The molecule has 0 aliphatic carbocycles. The highest BCUT2D eigenvalue weighted by Crippen LogP contribution is 2.27. The first-order valence-corrected chi connectivity index (χ1v) is 8.65. The number of aromatic hydroxyl groups is 1. The number of nitrogens with one attached hydrogen (secondary N) is 1. The molecular weight excluding hydrogens is 354 g/mol. The van der Waals surface area contributed by atoms with Gasteiger partial charge in [-0.2, -0.15) is 4.68 Å². The number of para-hydroxylation sites is 2. The molecule has 134 valence electrons. The summed E-state index contributed by atoms with van der Waals surface area (Å²) in [5.74, 6) is 0.548. The summed E-state index contributed by atoms with van der Waals surface area (Å²) in [6.07, 6.45) is 0. The van der Waals surface area contributed by atoms with Crippen LogP contribution in [0.4, 0.5) is 5.69 Å². The van der Waals surface area contributed by atoms with Gasteiger partial charge >= 0.3 is 0 Å². The Labute approximate surface area is 154 Å². The Hall–Kier alpha value is -3.07. The zero-order valence-electron chi connectivity index (χ0n) is 14.2. The lowest BCUT2D eigenvalue weighted by Gasteiger charge is -2.13. The van der Waals surface area contributed by atoms with Crippen LogP contribution in [-0.2, 0) is 4.79 Å². The van der Waals surface area contributed by atoms with Gasteiger partial charge in [-0.15, -0.1) is 5.10 Å². The summed E-state index contributed by atoms with van der Waals surface area (Å²) in [7, 11) is 1.55. The van der Waals surface area contributed by atoms with Crippen molar-refractivity contribution in [3.05, 3.63) is 48.5 Å². The van der Waals surface area contributed by atoms with Gasteiger partial charge in [0, 0.05) is 0 Å². The normalized spacial score (nSPS) is 11.8. The monoisotopic (exact) mass is 371 g/mol. The summed E-state index contributed by atoms with van der Waals surface area (Å²) in [5.41, 5.74) is 1.29. The number of tetrazole rings is 1. The number of thioether (sulfide) groups is 1. The third-order valence-electron chi connectivity index (χ3n) is 3.55. The van der Waals surface area contributed by atoms with Gasteiger partial charge in [-0.05, 0) is 53.7 Å². The zero-order chi connectivity index (χ0) is 18.5. The summed E-state index contributed by atoms with van der Waals surface area (Å²) < 4.78 is 6.75. The van der Waals surface area contributed by atoms with Crippen LogP contribution in [0.5, 0.6) is 11.5 Å². The summed E-state index contributed by atoms with van der Waals surface area (Å²) >= 11 is 1.23. The van der Waals surface area contributed by atoms with Gasteiger partial charge in [0.1, 0.15) is 11.5 Å². The number of carbonyl (C=O) groups excluding carboxylic acids is 1. The standard InChI is InChI=1S/C17H17N5O3S/c1-11(16(24)18-14-5-3-4-6-15(14)25-2)26-17-19-20-21-22(17)12-7-9-13(23)10-8-12/h3-11,23H,1-2H3,(H,18,24)/t11-/m0/s1. The van der Waals surface area contributed by atoms with Crippen LogP contribution in [0.1, 0.15) is 6.92 Å². The number of rotatable bonds is 6. The van der Waals surface area contributed by atoms with Gasteiger partial charge in [-0.25, -0.2) is 0 Å². The van der Waals surface area contributed by atoms with Crippen LogP contribution in [0, 0.1) is 0 Å². The Morgan fingerprint density at radius 2 is 1.96 bits per heavy atom. The van der Waals surface area contributed by atoms with E-state index in [1.54, 1.807) is 50.4 Å². The molecule has 0 fully saturated rings. The minimum Gasteiger partial charge on any atom is -0.508 e. The molecule has 0 radical (unpaired) electrons. The third-order valence-corrected chi connectivity index (χ3v) is 4.58. The van der Waals surface area contributed by atoms with Gasteiger partial charge in [-0.3, -0.25) is 4.79 Å². The van der Waals surface area contributed by atoms with Crippen molar-refractivity contribution in [3.8, 4) is 17.2 Å². The number of aromatic nitrogens is 4. The largest absolute Gasteiger partial charge is 0.508 e. The number of carbonyl (C=O) groups is 1. The number of hydrogen-bond acceptors (Lipinski definition) is 7. The van der Waals surface area contributed by atoms with Crippen molar-refractivity contribution in [1.82, 2.24) is 20.2 Å². The van der Waals surface area contributed by atoms with Crippen LogP contribution < -0.4 is 10.1 Å². The van der Waals surface area contributed by atoms with Crippen molar-refractivity contribution in [2.75, 3.05) is 12.4 Å². The average Bonchev–Trinajstić information content (AvgIpc) is 3.10. The number of methoxy groups -OCH3 is 1. The molecule has 3 aromatic rings. The molecule has 0 unspecified atom stereocenters. The van der Waals surface area contributed by atoms with Crippen LogP contribution in [0.15, 0.2) is 53.7 Å². The van der Waals surface area contributed by atoms with Crippen molar-refractivity contribution in [1.29, 1.82) is 0 Å². The van der Waals surface area contributed by atoms with E-state index in [0.29, 0.717) is 22.3 Å². The maximum Gasteiger partial charge on any atom is 0.237 e. The molecule has 0 aliphatic heterocycles. The first-order valence-electron chi connectivity index (χ1n) is 7.77. The van der Waals surface area contributed by atoms with Gasteiger partial charge in [0.15, 0.2) is 0 Å². The maximum atomic E-state index is 12.5. The molecule has 0 saturated heterocycles. The quantitative estimate of drug-likeness (QED) is 0.642. The number of phenolic OH excluding ortho intramolecular Hbond substituents is 1. The molecule has 26 heavy (non-hydrogen) atoms. The molecule has 0 bridgehead atoms. The van der Waals surface area contributed by atoms with E-state index in [4.69, 9.17) is 4.74 Å². The average molecular weight is 371 g/mol. The van der Waals surface area contributed by atoms with Crippen LogP contribution >= 0.6 is 11.8 Å². The predicted molar refractivity (Wildman–Crippen MR) is 97.8 cm³/mol. The Bertz CT molecular complexity index is 897. The molecule has 1 heterocycles. The minimum absolute atomic E-state index is 0.153. The molecule has 2 N–H and O–H groups in total. The summed E-state index contributed by atoms with van der Waals surface area (Å²) in [5, 5.41) is 23.9. The lowest BCUT2D eigenvalue weighted by atomic mass is 10.3. The van der Waals surface area contributed by atoms with Crippen LogP contribution in [0.3, 0.4) is 0 Å². The Morgan fingerprint density at radius 3 is 2.69 bits per heavy atom. The van der Waals surface area contributed by atoms with Gasteiger partial charge in [0.2, 0.25) is 11.1 Å². The highest BCUT2D eigenvalue weighted by atomic mass is 32.2. The molecule has 1 amide bonds. The van der Waals surface area contributed by atoms with E-state index in [0.717, 1.165) is 0 Å². The first kappa shape index (κ1) is 17.7. The SMILES string of the molecule is COc1ccccc1NC(=O)[C@H](C)Sc1nnnn1-c1ccc(O)cc1. The van der Waals surface area contributed by atoms with Crippen molar-refractivity contribution >= 4 is 23.4 Å². The first-order chi connectivity index (χ1) is 12.6. The van der Waals surface area contributed by atoms with Crippen molar-refractivity contribution in [3.63, 3.8) is 0 Å². The Kier molecular flexibility index (Phi) is 5.37. The molecule has 0 spiro atoms. The summed E-state index contributed by atoms with van der Waals surface area (Å²) in [6.45, 7) is 1.77. The van der Waals surface area contributed by atoms with E-state index in [-0.39, 0.29) is 11.7 Å². The number of phenols is 1. The Balaban J connectivity index is 1.72. The number of ether oxygens (including phenoxy) is 1. The van der Waals surface area contributed by atoms with Crippen LogP contribution in [-0.4, -0.2) is 43.6 Å². The number of nitrogens with zero attached hydrogens (tertiary/aromatic N) is 4. The van der Waals surface area contributed by atoms with Gasteiger partial charge in [0.05, 0.1) is 23.7 Å². The number of hydrogen-bond donors (Lipinski definition) is 2. The molecule has 0 aliphatic rings. The molecule has 8 nitrogen and oxygen atoms in total. The highest BCUT2D eigenvalue weighted by Gasteiger charge is 2.20. The fourth-order valence-corrected chi connectivity index (χ4v) is 3.01. The number of benzene rings is 2. The second-order valence-corrected chi connectivity index (χ2v) is 6.65. The number of amides is 1. The highest BCUT2D eigenvalue weighted by molar-refractivity contribution is 8.00. The molecule has 1 atom stereocenters. The van der Waals surface area contributed by atoms with E-state index >= 15 is 0 Å². The number of anilines is 1. The van der Waals surface area contributed by atoms with Crippen molar-refractivity contribution < 1.29 is 14.6 Å². The third kappa shape index (κ3) is 3.94. The molecule has 0 saturated carbocycles. The lowest BCUT2D eigenvalue weighted by molar-refractivity contribution is -0.115. The predicted octanol–water partition coefficient (Wildman–Crippen LogP) is 2.50. The van der Waals surface area contributed by atoms with Crippen LogP contribution in [0.25, 0.3) is 5.69 Å². The topological polar surface area (TPSA) is 102 Å². The fraction of sp³-hybridized carbons (Fsp3) is 0.176. The van der Waals surface area contributed by atoms with Gasteiger partial charge in [-0.1, -0.05) is 23.9 Å². The van der Waals surface area contributed by atoms with Crippen molar-refractivity contribution in [2.45, 2.75) is 17.3 Å². The molecule has 3 rings (SSSR count). The second-order valence-electron chi connectivity index (χ2n) is 5.34. The van der Waals surface area contributed by atoms with E-state index in [9.17, 15) is 9.90 Å². The van der Waals surface area contributed by atoms with Gasteiger partial charge < -0.3 is 15.2 Å². The summed E-state index contributed by atoms with van der Waals surface area (Å²) in [6, 6.07) is 13.7. The molecule has 1 aromatic heterocycles. The fourth-order valence-electron chi connectivity index (χ4n) is 2.20. The van der Waals surface area contributed by atoms with E-state index in [1.807, 2.05) is 12.1 Å². The van der Waals surface area contributed by atoms with Gasteiger partial charge in [0.25, 0.3) is 0 Å². The molecule has 2 aromatic carbocycles. The molecule has 9 heteroatoms. The zero-order valence-corrected chi connectivity index (χ0v) is 15.0.